The summed E-state index contributed by atoms with van der Waals surface area (Å²) >= 11 is 1.24. The van der Waals surface area contributed by atoms with Crippen molar-refractivity contribution in [3.05, 3.63) is 70.6 Å². The first-order chi connectivity index (χ1) is 12.5. The predicted molar refractivity (Wildman–Crippen MR) is 104 cm³/mol. The van der Waals surface area contributed by atoms with Crippen LogP contribution < -0.4 is 5.32 Å². The number of rotatable bonds is 6. The first-order valence-corrected chi connectivity index (χ1v) is 9.36. The Balaban J connectivity index is 1.52. The summed E-state index contributed by atoms with van der Waals surface area (Å²) in [7, 11) is 0. The van der Waals surface area contributed by atoms with Crippen molar-refractivity contribution in [2.24, 2.45) is 0 Å². The molecule has 0 fully saturated rings. The lowest BCUT2D eigenvalue weighted by Crippen LogP contribution is -2.13. The minimum Gasteiger partial charge on any atom is -0.416 e. The third-order valence-corrected chi connectivity index (χ3v) is 4.86. The highest BCUT2D eigenvalue weighted by Gasteiger charge is 2.11. The topological polar surface area (TPSA) is 68.0 Å². The summed E-state index contributed by atoms with van der Waals surface area (Å²) in [5, 5.41) is 11.3. The second-order valence-electron chi connectivity index (χ2n) is 6.26. The van der Waals surface area contributed by atoms with Crippen LogP contribution in [0.15, 0.2) is 52.1 Å². The van der Waals surface area contributed by atoms with Gasteiger partial charge in [-0.05, 0) is 49.6 Å². The van der Waals surface area contributed by atoms with Crippen molar-refractivity contribution in [1.29, 1.82) is 0 Å². The summed E-state index contributed by atoms with van der Waals surface area (Å²) in [6.45, 7) is 6.18. The molecule has 0 aliphatic carbocycles. The fraction of sp³-hybridized carbons (Fsp3) is 0.250. The van der Waals surface area contributed by atoms with Crippen molar-refractivity contribution >= 4 is 23.4 Å². The highest BCUT2D eigenvalue weighted by atomic mass is 32.2. The number of nitrogens with zero attached hydrogens (tertiary/aromatic N) is 2. The molecule has 0 bridgehead atoms. The fourth-order valence-corrected chi connectivity index (χ4v) is 3.00. The minimum absolute atomic E-state index is 0.104. The lowest BCUT2D eigenvalue weighted by Gasteiger charge is -2.04. The van der Waals surface area contributed by atoms with Crippen LogP contribution >= 0.6 is 11.8 Å². The number of benzene rings is 2. The van der Waals surface area contributed by atoms with Gasteiger partial charge in [0.2, 0.25) is 11.8 Å². The number of carbonyl (C=O) groups excluding carboxylic acids is 1. The van der Waals surface area contributed by atoms with E-state index in [2.05, 4.69) is 47.6 Å². The Morgan fingerprint density at radius 3 is 2.54 bits per heavy atom. The van der Waals surface area contributed by atoms with Gasteiger partial charge in [0.1, 0.15) is 0 Å². The lowest BCUT2D eigenvalue weighted by molar-refractivity contribution is -0.113. The van der Waals surface area contributed by atoms with Crippen LogP contribution in [0.4, 0.5) is 5.69 Å². The molecule has 6 heteroatoms. The van der Waals surface area contributed by atoms with E-state index in [1.165, 1.54) is 22.9 Å². The summed E-state index contributed by atoms with van der Waals surface area (Å²) in [4.78, 5) is 12.0. The molecule has 3 rings (SSSR count). The highest BCUT2D eigenvalue weighted by molar-refractivity contribution is 7.99. The summed E-state index contributed by atoms with van der Waals surface area (Å²) in [5.74, 6) is 0.668. The third-order valence-electron chi connectivity index (χ3n) is 4.04. The van der Waals surface area contributed by atoms with E-state index in [0.29, 0.717) is 17.5 Å². The van der Waals surface area contributed by atoms with Gasteiger partial charge in [0, 0.05) is 5.69 Å². The molecule has 1 N–H and O–H groups in total. The van der Waals surface area contributed by atoms with Crippen LogP contribution in [0.3, 0.4) is 0 Å². The molecule has 134 valence electrons. The van der Waals surface area contributed by atoms with E-state index in [1.807, 2.05) is 31.2 Å². The van der Waals surface area contributed by atoms with E-state index in [0.717, 1.165) is 16.8 Å². The van der Waals surface area contributed by atoms with Gasteiger partial charge >= 0.3 is 0 Å². The van der Waals surface area contributed by atoms with Gasteiger partial charge in [-0.15, -0.1) is 10.2 Å². The van der Waals surface area contributed by atoms with Gasteiger partial charge in [-0.2, -0.15) is 0 Å². The number of thioether (sulfide) groups is 1. The minimum atomic E-state index is -0.104. The average Bonchev–Trinajstić information content (AvgIpc) is 3.06. The Kier molecular flexibility index (Phi) is 5.73. The summed E-state index contributed by atoms with van der Waals surface area (Å²) in [5.41, 5.74) is 5.56. The van der Waals surface area contributed by atoms with Crippen LogP contribution in [0.5, 0.6) is 0 Å². The summed E-state index contributed by atoms with van der Waals surface area (Å²) in [6.07, 6.45) is 0.588. The molecule has 2 aromatic carbocycles. The van der Waals surface area contributed by atoms with Crippen LogP contribution in [0, 0.1) is 20.8 Å². The van der Waals surface area contributed by atoms with Crippen LogP contribution in [0.2, 0.25) is 0 Å². The molecule has 0 aliphatic heterocycles. The zero-order valence-electron chi connectivity index (χ0n) is 15.1. The lowest BCUT2D eigenvalue weighted by atomic mass is 10.0. The first kappa shape index (κ1) is 18.2. The molecule has 5 nitrogen and oxygen atoms in total. The number of nitrogens with one attached hydrogen (secondary N) is 1. The van der Waals surface area contributed by atoms with Crippen molar-refractivity contribution in [3.63, 3.8) is 0 Å². The molecule has 3 aromatic rings. The molecular weight excluding hydrogens is 346 g/mol. The molecule has 0 saturated heterocycles. The molecule has 0 unspecified atom stereocenters. The fourth-order valence-electron chi connectivity index (χ4n) is 2.42. The van der Waals surface area contributed by atoms with Crippen molar-refractivity contribution in [3.8, 4) is 0 Å². The van der Waals surface area contributed by atoms with Crippen LogP contribution in [0.1, 0.15) is 28.1 Å². The number of amides is 1. The van der Waals surface area contributed by atoms with E-state index in [1.54, 1.807) is 0 Å². The number of aryl methyl sites for hydroxylation is 3. The number of aromatic nitrogens is 2. The Bertz CT molecular complexity index is 904. The quantitative estimate of drug-likeness (QED) is 0.657. The van der Waals surface area contributed by atoms with Crippen molar-refractivity contribution in [2.75, 3.05) is 11.1 Å². The molecule has 0 atom stereocenters. The molecule has 1 amide bonds. The molecular formula is C20H21N3O2S. The maximum absolute atomic E-state index is 12.0. The maximum atomic E-state index is 12.0. The smallest absolute Gasteiger partial charge is 0.277 e. The largest absolute Gasteiger partial charge is 0.416 e. The van der Waals surface area contributed by atoms with Crippen LogP contribution in [-0.4, -0.2) is 21.9 Å². The van der Waals surface area contributed by atoms with E-state index in [9.17, 15) is 4.79 Å². The van der Waals surface area contributed by atoms with E-state index < -0.39 is 0 Å². The molecule has 0 aliphatic rings. The Morgan fingerprint density at radius 2 is 1.81 bits per heavy atom. The van der Waals surface area contributed by atoms with Crippen molar-refractivity contribution < 1.29 is 9.21 Å². The number of carbonyl (C=O) groups is 1. The third kappa shape index (κ3) is 4.95. The van der Waals surface area contributed by atoms with Gasteiger partial charge in [-0.1, -0.05) is 47.7 Å². The number of hydrogen-bond acceptors (Lipinski definition) is 5. The van der Waals surface area contributed by atoms with Gasteiger partial charge in [-0.25, -0.2) is 0 Å². The molecule has 0 saturated carbocycles. The maximum Gasteiger partial charge on any atom is 0.277 e. The molecule has 0 spiro atoms. The second kappa shape index (κ2) is 8.19. The van der Waals surface area contributed by atoms with Crippen molar-refractivity contribution in [2.45, 2.75) is 32.4 Å². The highest BCUT2D eigenvalue weighted by Crippen LogP contribution is 2.19. The summed E-state index contributed by atoms with van der Waals surface area (Å²) < 4.78 is 5.63. The van der Waals surface area contributed by atoms with E-state index >= 15 is 0 Å². The van der Waals surface area contributed by atoms with Gasteiger partial charge in [0.25, 0.3) is 5.22 Å². The van der Waals surface area contributed by atoms with Gasteiger partial charge < -0.3 is 9.73 Å². The first-order valence-electron chi connectivity index (χ1n) is 8.37. The molecule has 26 heavy (non-hydrogen) atoms. The molecule has 1 heterocycles. The van der Waals surface area contributed by atoms with Gasteiger partial charge in [0.05, 0.1) is 12.2 Å². The molecule has 1 aromatic heterocycles. The second-order valence-corrected chi connectivity index (χ2v) is 7.19. The summed E-state index contributed by atoms with van der Waals surface area (Å²) in [6, 6.07) is 14.0. The van der Waals surface area contributed by atoms with E-state index in [-0.39, 0.29) is 11.7 Å². The van der Waals surface area contributed by atoms with Gasteiger partial charge in [0.15, 0.2) is 0 Å². The Labute approximate surface area is 157 Å². The van der Waals surface area contributed by atoms with Crippen LogP contribution in [-0.2, 0) is 11.2 Å². The van der Waals surface area contributed by atoms with Crippen molar-refractivity contribution in [1.82, 2.24) is 10.2 Å². The average molecular weight is 367 g/mol. The number of hydrogen-bond donors (Lipinski definition) is 1. The monoisotopic (exact) mass is 367 g/mol. The number of anilines is 1. The zero-order valence-corrected chi connectivity index (χ0v) is 15.9. The molecule has 0 radical (unpaired) electrons. The standard InChI is InChI=1S/C20H21N3O2S/c1-13-4-8-17(9-5-13)21-18(24)12-26-20-23-22-19(25-20)11-16-7-6-14(2)15(3)10-16/h4-10H,11-12H2,1-3H3,(H,21,24). The van der Waals surface area contributed by atoms with E-state index in [4.69, 9.17) is 4.42 Å². The van der Waals surface area contributed by atoms with Gasteiger partial charge in [-0.3, -0.25) is 4.79 Å². The Morgan fingerprint density at radius 1 is 1.04 bits per heavy atom. The van der Waals surface area contributed by atoms with Crippen LogP contribution in [0.25, 0.3) is 0 Å². The predicted octanol–water partition coefficient (Wildman–Crippen LogP) is 4.32. The SMILES string of the molecule is Cc1ccc(NC(=O)CSc2nnc(Cc3ccc(C)c(C)c3)o2)cc1. The Hall–Kier alpha value is -2.60. The normalized spacial score (nSPS) is 10.7. The zero-order chi connectivity index (χ0) is 18.5.